The second-order valence-electron chi connectivity index (χ2n) is 4.90. The lowest BCUT2D eigenvalue weighted by Gasteiger charge is -2.22. The van der Waals surface area contributed by atoms with Gasteiger partial charge in [-0.05, 0) is 35.2 Å². The van der Waals surface area contributed by atoms with E-state index in [-0.39, 0.29) is 11.2 Å². The van der Waals surface area contributed by atoms with Crippen LogP contribution in [0.25, 0.3) is 0 Å². The van der Waals surface area contributed by atoms with Crippen LogP contribution in [0.4, 0.5) is 8.78 Å². The van der Waals surface area contributed by atoms with Gasteiger partial charge in [-0.1, -0.05) is 25.1 Å². The monoisotopic (exact) mass is 293 g/mol. The van der Waals surface area contributed by atoms with Crippen LogP contribution in [0.1, 0.15) is 30.1 Å². The molecular formula is C15H13F2NOS. The van der Waals surface area contributed by atoms with Crippen LogP contribution >= 0.6 is 11.8 Å². The Labute approximate surface area is 119 Å². The van der Waals surface area contributed by atoms with Gasteiger partial charge in [0.2, 0.25) is 11.9 Å². The van der Waals surface area contributed by atoms with Crippen LogP contribution in [-0.2, 0) is 0 Å². The first-order chi connectivity index (χ1) is 9.56. The van der Waals surface area contributed by atoms with Gasteiger partial charge < -0.3 is 5.11 Å². The number of hydrogen-bond donors (Lipinski definition) is 1. The van der Waals surface area contributed by atoms with Gasteiger partial charge in [-0.25, -0.2) is 0 Å². The summed E-state index contributed by atoms with van der Waals surface area (Å²) in [6.45, 7) is 1.86. The third-order valence-corrected chi connectivity index (χ3v) is 5.18. The van der Waals surface area contributed by atoms with Crippen molar-refractivity contribution in [3.8, 4) is 0 Å². The van der Waals surface area contributed by atoms with Crippen LogP contribution in [0.2, 0.25) is 0 Å². The summed E-state index contributed by atoms with van der Waals surface area (Å²) in [6.07, 6.45) is -0.634. The van der Waals surface area contributed by atoms with Gasteiger partial charge in [0.1, 0.15) is 0 Å². The standard InChI is InChI=1S/C15H13F2NOS/c1-8(9-6-12(16)18-13(17)7-9)15-14(19)10-4-2-3-5-11(10)20-15/h2-8,14-15,19H,1H3. The predicted octanol–water partition coefficient (Wildman–Crippen LogP) is 3.67. The molecule has 1 aromatic carbocycles. The lowest BCUT2D eigenvalue weighted by molar-refractivity contribution is 0.168. The van der Waals surface area contributed by atoms with Crippen LogP contribution in [0.3, 0.4) is 0 Å². The fourth-order valence-electron chi connectivity index (χ4n) is 2.53. The normalized spacial score (nSPS) is 22.6. The minimum absolute atomic E-state index is 0.159. The third kappa shape index (κ3) is 2.31. The van der Waals surface area contributed by atoms with Crippen molar-refractivity contribution in [3.63, 3.8) is 0 Å². The lowest BCUT2D eigenvalue weighted by atomic mass is 9.92. The van der Waals surface area contributed by atoms with Crippen molar-refractivity contribution in [1.29, 1.82) is 0 Å². The van der Waals surface area contributed by atoms with E-state index in [1.807, 2.05) is 31.2 Å². The van der Waals surface area contributed by atoms with E-state index in [0.717, 1.165) is 10.5 Å². The van der Waals surface area contributed by atoms with Crippen molar-refractivity contribution in [2.75, 3.05) is 0 Å². The van der Waals surface area contributed by atoms with Crippen molar-refractivity contribution in [1.82, 2.24) is 4.98 Å². The number of halogens is 2. The molecule has 0 radical (unpaired) electrons. The molecule has 0 bridgehead atoms. The number of rotatable bonds is 2. The van der Waals surface area contributed by atoms with Crippen LogP contribution in [0.5, 0.6) is 0 Å². The largest absolute Gasteiger partial charge is 0.387 e. The fourth-order valence-corrected chi connectivity index (χ4v) is 3.94. The van der Waals surface area contributed by atoms with Gasteiger partial charge in [0.05, 0.1) is 6.10 Å². The second kappa shape index (κ2) is 5.14. The van der Waals surface area contributed by atoms with Gasteiger partial charge in [-0.15, -0.1) is 11.8 Å². The molecule has 0 aliphatic carbocycles. The Morgan fingerprint density at radius 1 is 1.20 bits per heavy atom. The molecule has 0 spiro atoms. The number of thioether (sulfide) groups is 1. The topological polar surface area (TPSA) is 33.1 Å². The summed E-state index contributed by atoms with van der Waals surface area (Å²) in [7, 11) is 0. The lowest BCUT2D eigenvalue weighted by Crippen LogP contribution is -2.18. The number of benzene rings is 1. The number of aromatic nitrogens is 1. The summed E-state index contributed by atoms with van der Waals surface area (Å²) >= 11 is 1.54. The maximum absolute atomic E-state index is 13.2. The predicted molar refractivity (Wildman–Crippen MR) is 73.6 cm³/mol. The zero-order valence-electron chi connectivity index (χ0n) is 10.8. The maximum atomic E-state index is 13.2. The number of hydrogen-bond acceptors (Lipinski definition) is 3. The molecule has 0 amide bonds. The molecule has 3 unspecified atom stereocenters. The quantitative estimate of drug-likeness (QED) is 0.858. The summed E-state index contributed by atoms with van der Waals surface area (Å²) in [5, 5.41) is 10.2. The van der Waals surface area contributed by atoms with Crippen molar-refractivity contribution in [2.24, 2.45) is 0 Å². The van der Waals surface area contributed by atoms with Crippen molar-refractivity contribution in [2.45, 2.75) is 29.1 Å². The van der Waals surface area contributed by atoms with Gasteiger partial charge in [0.15, 0.2) is 0 Å². The van der Waals surface area contributed by atoms with Gasteiger partial charge >= 0.3 is 0 Å². The molecule has 1 aliphatic rings. The molecule has 104 valence electrons. The molecule has 2 aromatic rings. The van der Waals surface area contributed by atoms with Crippen molar-refractivity contribution in [3.05, 3.63) is 59.4 Å². The van der Waals surface area contributed by atoms with E-state index >= 15 is 0 Å². The molecule has 1 aliphatic heterocycles. The highest BCUT2D eigenvalue weighted by atomic mass is 32.2. The van der Waals surface area contributed by atoms with Crippen molar-refractivity contribution < 1.29 is 13.9 Å². The molecule has 5 heteroatoms. The van der Waals surface area contributed by atoms with Crippen LogP contribution in [-0.4, -0.2) is 15.3 Å². The maximum Gasteiger partial charge on any atom is 0.215 e. The molecule has 2 heterocycles. The van der Waals surface area contributed by atoms with Gasteiger partial charge in [-0.3, -0.25) is 0 Å². The fraction of sp³-hybridized carbons (Fsp3) is 0.267. The average Bonchev–Trinajstić information content (AvgIpc) is 2.75. The minimum Gasteiger partial charge on any atom is -0.387 e. The molecule has 1 N–H and O–H groups in total. The second-order valence-corrected chi connectivity index (χ2v) is 6.12. The molecule has 0 saturated carbocycles. The number of fused-ring (bicyclic) bond motifs is 1. The highest BCUT2D eigenvalue weighted by Crippen LogP contribution is 2.49. The Kier molecular flexibility index (Phi) is 3.48. The average molecular weight is 293 g/mol. The highest BCUT2D eigenvalue weighted by Gasteiger charge is 2.36. The molecule has 3 atom stereocenters. The summed E-state index contributed by atoms with van der Waals surface area (Å²) in [6, 6.07) is 10.1. The number of pyridine rings is 1. The Bertz CT molecular complexity index is 629. The smallest absolute Gasteiger partial charge is 0.215 e. The zero-order chi connectivity index (χ0) is 14.3. The first-order valence-corrected chi connectivity index (χ1v) is 7.21. The van der Waals surface area contributed by atoms with E-state index in [4.69, 9.17) is 0 Å². The molecule has 3 rings (SSSR count). The first-order valence-electron chi connectivity index (χ1n) is 6.33. The first kappa shape index (κ1) is 13.5. The van der Waals surface area contributed by atoms with E-state index in [0.29, 0.717) is 5.56 Å². The van der Waals surface area contributed by atoms with E-state index in [9.17, 15) is 13.9 Å². The summed E-state index contributed by atoms with van der Waals surface area (Å²) in [5.74, 6) is -1.85. The highest BCUT2D eigenvalue weighted by molar-refractivity contribution is 8.00. The number of nitrogens with zero attached hydrogens (tertiary/aromatic N) is 1. The zero-order valence-corrected chi connectivity index (χ0v) is 11.6. The summed E-state index contributed by atoms with van der Waals surface area (Å²) in [5.41, 5.74) is 1.39. The molecule has 2 nitrogen and oxygen atoms in total. The van der Waals surface area contributed by atoms with Gasteiger partial charge in [0, 0.05) is 10.1 Å². The minimum atomic E-state index is -0.832. The SMILES string of the molecule is CC(c1cc(F)nc(F)c1)C1Sc2ccccc2C1O. The Balaban J connectivity index is 1.91. The van der Waals surface area contributed by atoms with E-state index in [1.165, 1.54) is 12.1 Å². The summed E-state index contributed by atoms with van der Waals surface area (Å²) < 4.78 is 26.4. The van der Waals surface area contributed by atoms with Crippen molar-refractivity contribution >= 4 is 11.8 Å². The van der Waals surface area contributed by atoms with Crippen LogP contribution in [0.15, 0.2) is 41.3 Å². The number of aliphatic hydroxyl groups excluding tert-OH is 1. The molecule has 20 heavy (non-hydrogen) atoms. The van der Waals surface area contributed by atoms with Crippen LogP contribution < -0.4 is 0 Å². The third-order valence-electron chi connectivity index (χ3n) is 3.62. The summed E-state index contributed by atoms with van der Waals surface area (Å²) in [4.78, 5) is 4.12. The Hall–Kier alpha value is -1.46. The Morgan fingerprint density at radius 3 is 2.50 bits per heavy atom. The van der Waals surface area contributed by atoms with E-state index < -0.39 is 18.0 Å². The number of aliphatic hydroxyl groups is 1. The van der Waals surface area contributed by atoms with Crippen LogP contribution in [0, 0.1) is 11.9 Å². The van der Waals surface area contributed by atoms with E-state index in [2.05, 4.69) is 4.98 Å². The Morgan fingerprint density at radius 2 is 1.85 bits per heavy atom. The van der Waals surface area contributed by atoms with E-state index in [1.54, 1.807) is 11.8 Å². The molecular weight excluding hydrogens is 280 g/mol. The van der Waals surface area contributed by atoms with Gasteiger partial charge in [-0.2, -0.15) is 13.8 Å². The van der Waals surface area contributed by atoms with Gasteiger partial charge in [0.25, 0.3) is 0 Å². The molecule has 0 fully saturated rings. The molecule has 1 aromatic heterocycles. The molecule has 0 saturated heterocycles.